The molecule has 0 saturated carbocycles. The van der Waals surface area contributed by atoms with Gasteiger partial charge in [-0.05, 0) is 48.8 Å². The lowest BCUT2D eigenvalue weighted by Crippen LogP contribution is -2.01. The van der Waals surface area contributed by atoms with Crippen LogP contribution in [0.3, 0.4) is 0 Å². The summed E-state index contributed by atoms with van der Waals surface area (Å²) in [6.07, 6.45) is 8.35. The second-order valence-corrected chi connectivity index (χ2v) is 7.92. The molecule has 0 radical (unpaired) electrons. The number of methoxy groups -OCH3 is 1. The minimum Gasteiger partial charge on any atom is -0.481 e. The van der Waals surface area contributed by atoms with Crippen LogP contribution in [0.4, 0.5) is 0 Å². The molecule has 0 aliphatic carbocycles. The molecule has 2 aromatic rings. The van der Waals surface area contributed by atoms with Crippen LogP contribution in [-0.4, -0.2) is 29.5 Å². The number of aryl methyl sites for hydroxylation is 3. The van der Waals surface area contributed by atoms with Gasteiger partial charge in [-0.1, -0.05) is 83.4 Å². The molecule has 0 bridgehead atoms. The molecule has 0 aliphatic rings. The zero-order valence-corrected chi connectivity index (χ0v) is 19.4. The smallest absolute Gasteiger partial charge is 0.305 e. The Balaban J connectivity index is 0.000000346. The minimum atomic E-state index is -0.742. The van der Waals surface area contributed by atoms with Gasteiger partial charge in [0.15, 0.2) is 0 Å². The molecule has 30 heavy (non-hydrogen) atoms. The van der Waals surface area contributed by atoms with Crippen LogP contribution in [0.25, 0.3) is 0 Å². The molecule has 1 N–H and O–H groups in total. The summed E-state index contributed by atoms with van der Waals surface area (Å²) in [5.41, 5.74) is 3.67. The molecule has 0 fully saturated rings. The monoisotopic (exact) mass is 476 g/mol. The van der Waals surface area contributed by atoms with Gasteiger partial charge < -0.3 is 9.84 Å². The summed E-state index contributed by atoms with van der Waals surface area (Å²) < 4.78 is 4.64. The third kappa shape index (κ3) is 13.2. The van der Waals surface area contributed by atoms with Crippen LogP contribution >= 0.6 is 15.9 Å². The zero-order chi connectivity index (χ0) is 22.0. The van der Waals surface area contributed by atoms with E-state index in [1.165, 1.54) is 43.9 Å². The van der Waals surface area contributed by atoms with Gasteiger partial charge in [0.05, 0.1) is 7.11 Å². The Morgan fingerprint density at radius 2 is 1.30 bits per heavy atom. The zero-order valence-electron chi connectivity index (χ0n) is 17.8. The molecule has 4 nitrogen and oxygen atoms in total. The lowest BCUT2D eigenvalue weighted by Gasteiger charge is -2.04. The number of ether oxygens (including phenoxy) is 1. The quantitative estimate of drug-likeness (QED) is 0.232. The molecular formula is C25H33BrO4. The Hall–Kier alpha value is -2.14. The van der Waals surface area contributed by atoms with Gasteiger partial charge in [-0.25, -0.2) is 0 Å². The van der Waals surface area contributed by atoms with E-state index in [1.54, 1.807) is 0 Å². The lowest BCUT2D eigenvalue weighted by molar-refractivity contribution is -0.140. The Morgan fingerprint density at radius 3 is 1.87 bits per heavy atom. The van der Waals surface area contributed by atoms with Crippen molar-refractivity contribution in [1.82, 2.24) is 0 Å². The minimum absolute atomic E-state index is 0.143. The number of halogens is 1. The van der Waals surface area contributed by atoms with E-state index >= 15 is 0 Å². The largest absolute Gasteiger partial charge is 0.481 e. The van der Waals surface area contributed by atoms with Gasteiger partial charge in [-0.3, -0.25) is 9.59 Å². The van der Waals surface area contributed by atoms with E-state index in [0.29, 0.717) is 12.8 Å². The number of rotatable bonds is 12. The fourth-order valence-corrected chi connectivity index (χ4v) is 3.29. The number of aliphatic carboxylic acids is 1. The normalized spacial score (nSPS) is 10.1. The number of carboxylic acids is 1. The van der Waals surface area contributed by atoms with Gasteiger partial charge in [-0.15, -0.1) is 0 Å². The summed E-state index contributed by atoms with van der Waals surface area (Å²) in [6, 6.07) is 18.2. The van der Waals surface area contributed by atoms with Gasteiger partial charge in [0.2, 0.25) is 0 Å². The first-order valence-electron chi connectivity index (χ1n) is 10.5. The third-order valence-corrected chi connectivity index (χ3v) is 5.25. The number of alkyl halides is 1. The van der Waals surface area contributed by atoms with Crippen LogP contribution in [0.2, 0.25) is 0 Å². The first kappa shape index (κ1) is 25.9. The van der Waals surface area contributed by atoms with Crippen molar-refractivity contribution in [2.24, 2.45) is 0 Å². The van der Waals surface area contributed by atoms with Crippen LogP contribution in [-0.2, 0) is 33.6 Å². The highest BCUT2D eigenvalue weighted by Gasteiger charge is 2.01. The second-order valence-electron chi connectivity index (χ2n) is 7.13. The van der Waals surface area contributed by atoms with Crippen molar-refractivity contribution in [3.05, 3.63) is 71.3 Å². The summed E-state index contributed by atoms with van der Waals surface area (Å²) in [7, 11) is 1.43. The summed E-state index contributed by atoms with van der Waals surface area (Å²) in [4.78, 5) is 21.2. The number of carbonyl (C=O) groups is 2. The van der Waals surface area contributed by atoms with Gasteiger partial charge in [0, 0.05) is 18.2 Å². The number of hydrogen-bond acceptors (Lipinski definition) is 3. The first-order valence-corrected chi connectivity index (χ1v) is 11.6. The maximum atomic E-state index is 11.1. The molecule has 0 aromatic heterocycles. The van der Waals surface area contributed by atoms with Crippen molar-refractivity contribution >= 4 is 27.9 Å². The number of carbonyl (C=O) groups excluding carboxylic acids is 1. The predicted molar refractivity (Wildman–Crippen MR) is 125 cm³/mol. The standard InChI is InChI=1S/C16H23BrO2.C9H10O2/c1-19-16(18)12-11-15-9-7-14(8-10-15)6-4-2-3-5-13-17;10-9(11)7-6-8-4-2-1-3-5-8/h7-10H,2-6,11-13H2,1H3;1-5H,6-7H2,(H,10,11). The van der Waals surface area contributed by atoms with Crippen molar-refractivity contribution in [1.29, 1.82) is 0 Å². The maximum absolute atomic E-state index is 11.1. The van der Waals surface area contributed by atoms with Gasteiger partial charge in [0.25, 0.3) is 0 Å². The number of unbranched alkanes of at least 4 members (excludes halogenated alkanes) is 3. The van der Waals surface area contributed by atoms with E-state index in [1.807, 2.05) is 30.3 Å². The fraction of sp³-hybridized carbons (Fsp3) is 0.440. The van der Waals surface area contributed by atoms with Crippen LogP contribution in [0.5, 0.6) is 0 Å². The molecular weight excluding hydrogens is 444 g/mol. The van der Waals surface area contributed by atoms with Crippen molar-refractivity contribution < 1.29 is 19.4 Å². The van der Waals surface area contributed by atoms with E-state index in [-0.39, 0.29) is 12.4 Å². The average molecular weight is 477 g/mol. The molecule has 0 unspecified atom stereocenters. The summed E-state index contributed by atoms with van der Waals surface area (Å²) in [5.74, 6) is -0.885. The highest BCUT2D eigenvalue weighted by atomic mass is 79.9. The van der Waals surface area contributed by atoms with Gasteiger partial charge in [0.1, 0.15) is 0 Å². The third-order valence-electron chi connectivity index (χ3n) is 4.69. The predicted octanol–water partition coefficient (Wildman–Crippen LogP) is 5.99. The number of esters is 1. The maximum Gasteiger partial charge on any atom is 0.305 e. The molecule has 0 heterocycles. The number of benzene rings is 2. The SMILES string of the molecule is COC(=O)CCc1ccc(CCCCCCBr)cc1.O=C(O)CCc1ccccc1. The number of carboxylic acid groups (broad SMARTS) is 1. The Morgan fingerprint density at radius 1 is 0.767 bits per heavy atom. The molecule has 2 aromatic carbocycles. The molecule has 2 rings (SSSR count). The topological polar surface area (TPSA) is 63.6 Å². The molecule has 0 spiro atoms. The van der Waals surface area contributed by atoms with Crippen molar-refractivity contribution in [3.8, 4) is 0 Å². The molecule has 5 heteroatoms. The molecule has 0 saturated heterocycles. The molecule has 0 atom stereocenters. The highest BCUT2D eigenvalue weighted by molar-refractivity contribution is 9.09. The van der Waals surface area contributed by atoms with E-state index in [2.05, 4.69) is 44.9 Å². The van der Waals surface area contributed by atoms with E-state index in [0.717, 1.165) is 23.7 Å². The Kier molecular flexibility index (Phi) is 14.4. The van der Waals surface area contributed by atoms with Gasteiger partial charge >= 0.3 is 11.9 Å². The van der Waals surface area contributed by atoms with Gasteiger partial charge in [-0.2, -0.15) is 0 Å². The van der Waals surface area contributed by atoms with Crippen molar-refractivity contribution in [3.63, 3.8) is 0 Å². The molecule has 164 valence electrons. The van der Waals surface area contributed by atoms with Crippen molar-refractivity contribution in [2.75, 3.05) is 12.4 Å². The Labute approximate surface area is 188 Å². The second kappa shape index (κ2) is 16.6. The average Bonchev–Trinajstić information content (AvgIpc) is 2.78. The molecule has 0 amide bonds. The van der Waals surface area contributed by atoms with E-state index in [9.17, 15) is 9.59 Å². The van der Waals surface area contributed by atoms with E-state index in [4.69, 9.17) is 5.11 Å². The van der Waals surface area contributed by atoms with Crippen molar-refractivity contribution in [2.45, 2.75) is 57.8 Å². The Bertz CT molecular complexity index is 714. The van der Waals surface area contributed by atoms with Crippen LogP contribution in [0.15, 0.2) is 54.6 Å². The van der Waals surface area contributed by atoms with Crippen LogP contribution in [0.1, 0.15) is 55.2 Å². The highest BCUT2D eigenvalue weighted by Crippen LogP contribution is 2.11. The summed E-state index contributed by atoms with van der Waals surface area (Å²) in [6.45, 7) is 0. The van der Waals surface area contributed by atoms with Crippen LogP contribution in [0, 0.1) is 0 Å². The first-order chi connectivity index (χ1) is 14.5. The summed E-state index contributed by atoms with van der Waals surface area (Å²) in [5, 5.41) is 9.49. The molecule has 0 aliphatic heterocycles. The summed E-state index contributed by atoms with van der Waals surface area (Å²) >= 11 is 3.45. The number of hydrogen-bond donors (Lipinski definition) is 1. The van der Waals surface area contributed by atoms with Crippen LogP contribution < -0.4 is 0 Å². The van der Waals surface area contributed by atoms with E-state index < -0.39 is 5.97 Å². The fourth-order valence-electron chi connectivity index (χ4n) is 2.89. The lowest BCUT2D eigenvalue weighted by atomic mass is 10.0.